The van der Waals surface area contributed by atoms with Crippen LogP contribution < -0.4 is 0 Å². The van der Waals surface area contributed by atoms with Gasteiger partial charge in [-0.3, -0.25) is 9.59 Å². The fraction of sp³-hybridized carbons (Fsp3) is 0.750. The van der Waals surface area contributed by atoms with Gasteiger partial charge in [-0.15, -0.1) is 0 Å². The molecule has 19 heavy (non-hydrogen) atoms. The van der Waals surface area contributed by atoms with Crippen LogP contribution in [0.2, 0.25) is 0 Å². The minimum absolute atomic E-state index is 0.0470. The summed E-state index contributed by atoms with van der Waals surface area (Å²) in [5.74, 6) is -0.549. The lowest BCUT2D eigenvalue weighted by Crippen LogP contribution is -2.41. The van der Waals surface area contributed by atoms with Gasteiger partial charge in [0.2, 0.25) is 0 Å². The molecule has 4 aliphatic rings. The van der Waals surface area contributed by atoms with Gasteiger partial charge in [0.05, 0.1) is 11.8 Å². The number of ether oxygens (including phenoxy) is 1. The van der Waals surface area contributed by atoms with Crippen molar-refractivity contribution in [3.05, 3.63) is 12.2 Å². The van der Waals surface area contributed by atoms with Crippen molar-refractivity contribution in [3.63, 3.8) is 0 Å². The number of rotatable bonds is 1. The molecule has 0 aromatic heterocycles. The molecule has 1 saturated heterocycles. The molecule has 4 rings (SSSR count). The Morgan fingerprint density at radius 1 is 1.11 bits per heavy atom. The molecule has 1 saturated carbocycles. The standard InChI is InChI=1S/C16H22O3/c1-10(2)16-6-4-15(3,5-7-16)8-11-12(9-16)14(18)19-13(11)17/h4,6,10-12H,5,7-9H2,1-3H3/t11-,12-,15+,16+/m1/s1. The van der Waals surface area contributed by atoms with E-state index in [2.05, 4.69) is 32.9 Å². The molecule has 3 nitrogen and oxygen atoms in total. The van der Waals surface area contributed by atoms with E-state index in [0.717, 1.165) is 25.7 Å². The van der Waals surface area contributed by atoms with Crippen LogP contribution in [-0.4, -0.2) is 11.9 Å². The molecule has 4 atom stereocenters. The van der Waals surface area contributed by atoms with Crippen LogP contribution in [0.3, 0.4) is 0 Å². The van der Waals surface area contributed by atoms with Crippen molar-refractivity contribution in [2.24, 2.45) is 28.6 Å². The van der Waals surface area contributed by atoms with Gasteiger partial charge < -0.3 is 4.74 Å². The number of allylic oxidation sites excluding steroid dienone is 2. The first kappa shape index (κ1) is 12.9. The van der Waals surface area contributed by atoms with Crippen molar-refractivity contribution in [1.82, 2.24) is 0 Å². The van der Waals surface area contributed by atoms with Crippen molar-refractivity contribution in [2.45, 2.75) is 46.5 Å². The molecule has 3 aliphatic carbocycles. The van der Waals surface area contributed by atoms with Crippen molar-refractivity contribution >= 4 is 11.9 Å². The number of carbonyl (C=O) groups excluding carboxylic acids is 2. The van der Waals surface area contributed by atoms with Gasteiger partial charge in [0, 0.05) is 0 Å². The number of hydrogen-bond donors (Lipinski definition) is 0. The summed E-state index contributed by atoms with van der Waals surface area (Å²) in [6.07, 6.45) is 8.37. The summed E-state index contributed by atoms with van der Waals surface area (Å²) >= 11 is 0. The maximum absolute atomic E-state index is 12.0. The molecular formula is C16H22O3. The zero-order valence-electron chi connectivity index (χ0n) is 11.9. The highest BCUT2D eigenvalue weighted by Crippen LogP contribution is 2.55. The molecule has 0 amide bonds. The van der Waals surface area contributed by atoms with Gasteiger partial charge in [-0.05, 0) is 42.4 Å². The molecule has 2 fully saturated rings. The Labute approximate surface area is 114 Å². The average Bonchev–Trinajstić information content (AvgIpc) is 2.54. The highest BCUT2D eigenvalue weighted by molar-refractivity contribution is 5.96. The highest BCUT2D eigenvalue weighted by atomic mass is 16.6. The lowest BCUT2D eigenvalue weighted by Gasteiger charge is -2.47. The van der Waals surface area contributed by atoms with E-state index in [4.69, 9.17) is 4.74 Å². The zero-order valence-corrected chi connectivity index (χ0v) is 11.9. The van der Waals surface area contributed by atoms with Crippen LogP contribution in [0.1, 0.15) is 46.5 Å². The third-order valence-electron chi connectivity index (χ3n) is 5.71. The summed E-state index contributed by atoms with van der Waals surface area (Å²) in [6, 6.07) is 0. The molecule has 1 aliphatic heterocycles. The second-order valence-corrected chi connectivity index (χ2v) is 7.24. The molecule has 0 N–H and O–H groups in total. The molecular weight excluding hydrogens is 240 g/mol. The normalized spacial score (nSPS) is 45.1. The van der Waals surface area contributed by atoms with Crippen LogP contribution in [-0.2, 0) is 14.3 Å². The third-order valence-corrected chi connectivity index (χ3v) is 5.71. The van der Waals surface area contributed by atoms with Crippen molar-refractivity contribution in [2.75, 3.05) is 0 Å². The van der Waals surface area contributed by atoms with Gasteiger partial charge in [-0.2, -0.15) is 0 Å². The molecule has 3 heteroatoms. The predicted octanol–water partition coefficient (Wildman–Crippen LogP) is 3.09. The zero-order chi connectivity index (χ0) is 13.8. The van der Waals surface area contributed by atoms with E-state index in [1.165, 1.54) is 0 Å². The summed E-state index contributed by atoms with van der Waals surface area (Å²) in [5.41, 5.74) is 0.109. The Morgan fingerprint density at radius 3 is 2.26 bits per heavy atom. The smallest absolute Gasteiger partial charge is 0.317 e. The summed E-state index contributed by atoms with van der Waals surface area (Å²) < 4.78 is 4.91. The first-order valence-corrected chi connectivity index (χ1v) is 7.31. The van der Waals surface area contributed by atoms with Crippen molar-refractivity contribution in [1.29, 1.82) is 0 Å². The first-order valence-electron chi connectivity index (χ1n) is 7.31. The van der Waals surface area contributed by atoms with E-state index in [1.54, 1.807) is 0 Å². The summed E-state index contributed by atoms with van der Waals surface area (Å²) in [4.78, 5) is 23.9. The Balaban J connectivity index is 2.04. The van der Waals surface area contributed by atoms with Gasteiger partial charge >= 0.3 is 11.9 Å². The molecule has 2 bridgehead atoms. The summed E-state index contributed by atoms with van der Waals surface area (Å²) in [7, 11) is 0. The third kappa shape index (κ3) is 1.86. The number of hydrogen-bond acceptors (Lipinski definition) is 3. The molecule has 0 aromatic rings. The Hall–Kier alpha value is -1.12. The molecule has 0 unspecified atom stereocenters. The van der Waals surface area contributed by atoms with Gasteiger partial charge in [0.1, 0.15) is 0 Å². The largest absolute Gasteiger partial charge is 0.393 e. The van der Waals surface area contributed by atoms with Crippen LogP contribution >= 0.6 is 0 Å². The van der Waals surface area contributed by atoms with E-state index in [-0.39, 0.29) is 34.6 Å². The monoisotopic (exact) mass is 262 g/mol. The van der Waals surface area contributed by atoms with Crippen molar-refractivity contribution < 1.29 is 14.3 Å². The van der Waals surface area contributed by atoms with Gasteiger partial charge in [0.25, 0.3) is 0 Å². The van der Waals surface area contributed by atoms with Crippen LogP contribution in [0.4, 0.5) is 0 Å². The van der Waals surface area contributed by atoms with E-state index >= 15 is 0 Å². The van der Waals surface area contributed by atoms with E-state index < -0.39 is 0 Å². The van der Waals surface area contributed by atoms with Crippen LogP contribution in [0.25, 0.3) is 0 Å². The Bertz CT molecular complexity index is 465. The summed E-state index contributed by atoms with van der Waals surface area (Å²) in [6.45, 7) is 6.63. The number of fused-ring (bicyclic) bond motifs is 1. The molecule has 104 valence electrons. The second kappa shape index (κ2) is 3.94. The minimum atomic E-state index is -0.295. The maximum atomic E-state index is 12.0. The number of esters is 2. The fourth-order valence-corrected chi connectivity index (χ4v) is 4.05. The summed E-state index contributed by atoms with van der Waals surface area (Å²) in [5, 5.41) is 0. The lowest BCUT2D eigenvalue weighted by molar-refractivity contribution is -0.154. The predicted molar refractivity (Wildman–Crippen MR) is 71.1 cm³/mol. The molecule has 0 spiro atoms. The average molecular weight is 262 g/mol. The maximum Gasteiger partial charge on any atom is 0.317 e. The van der Waals surface area contributed by atoms with E-state index in [0.29, 0.717) is 5.92 Å². The Morgan fingerprint density at radius 2 is 1.74 bits per heavy atom. The quantitative estimate of drug-likeness (QED) is 0.414. The molecule has 0 radical (unpaired) electrons. The highest BCUT2D eigenvalue weighted by Gasteiger charge is 2.53. The van der Waals surface area contributed by atoms with Crippen LogP contribution in [0.15, 0.2) is 12.2 Å². The SMILES string of the molecule is CC(C)[C@@]12C=C[C@@](C)(CC1)C[C@H]1C(=O)OC(=O)[C@@H]1C2. The molecule has 0 aromatic carbocycles. The van der Waals surface area contributed by atoms with Crippen LogP contribution in [0.5, 0.6) is 0 Å². The molecule has 1 heterocycles. The Kier molecular flexibility index (Phi) is 2.67. The van der Waals surface area contributed by atoms with E-state index in [1.807, 2.05) is 0 Å². The van der Waals surface area contributed by atoms with Gasteiger partial charge in [-0.25, -0.2) is 0 Å². The van der Waals surface area contributed by atoms with Crippen molar-refractivity contribution in [3.8, 4) is 0 Å². The van der Waals surface area contributed by atoms with Crippen LogP contribution in [0, 0.1) is 28.6 Å². The first-order chi connectivity index (χ1) is 8.85. The number of cyclic esters (lactones) is 2. The van der Waals surface area contributed by atoms with Gasteiger partial charge in [-0.1, -0.05) is 32.9 Å². The number of carbonyl (C=O) groups is 2. The van der Waals surface area contributed by atoms with Gasteiger partial charge in [0.15, 0.2) is 0 Å². The lowest BCUT2D eigenvalue weighted by atomic mass is 9.56. The second-order valence-electron chi connectivity index (χ2n) is 7.24. The topological polar surface area (TPSA) is 43.4 Å². The minimum Gasteiger partial charge on any atom is -0.393 e. The van der Waals surface area contributed by atoms with E-state index in [9.17, 15) is 9.59 Å². The fourth-order valence-electron chi connectivity index (χ4n) is 4.05.